The van der Waals surface area contributed by atoms with Crippen LogP contribution in [0.25, 0.3) is 0 Å². The molecule has 482 valence electrons. The number of nitrogens with zero attached hydrogens (tertiary/aromatic N) is 1. The van der Waals surface area contributed by atoms with Crippen LogP contribution in [0.3, 0.4) is 0 Å². The van der Waals surface area contributed by atoms with E-state index in [1.807, 2.05) is 21.1 Å². The second-order valence-corrected chi connectivity index (χ2v) is 24.1. The van der Waals surface area contributed by atoms with E-state index in [1.165, 1.54) is 154 Å². The van der Waals surface area contributed by atoms with E-state index in [0.29, 0.717) is 17.4 Å². The molecule has 0 aliphatic heterocycles. The van der Waals surface area contributed by atoms with Crippen LogP contribution < -0.4 is 5.11 Å². The summed E-state index contributed by atoms with van der Waals surface area (Å²) in [6, 6.07) is 0. The molecular weight excluding hydrogens is 1040 g/mol. The Balaban J connectivity index is 4.05. The molecule has 0 fully saturated rings. The average molecular weight is 1170 g/mol. The van der Waals surface area contributed by atoms with Crippen LogP contribution in [0.5, 0.6) is 0 Å². The van der Waals surface area contributed by atoms with Gasteiger partial charge in [0.15, 0.2) is 12.4 Å². The predicted octanol–water partition coefficient (Wildman–Crippen LogP) is 20.1. The van der Waals surface area contributed by atoms with Gasteiger partial charge in [-0.2, -0.15) is 0 Å². The van der Waals surface area contributed by atoms with Crippen molar-refractivity contribution in [3.63, 3.8) is 0 Å². The van der Waals surface area contributed by atoms with Gasteiger partial charge in [0.05, 0.1) is 40.3 Å². The normalized spacial score (nSPS) is 13.4. The Kier molecular flexibility index (Phi) is 61.8. The van der Waals surface area contributed by atoms with Gasteiger partial charge in [-0.3, -0.25) is 9.59 Å². The Labute approximate surface area is 517 Å². The molecule has 2 unspecified atom stereocenters. The predicted molar refractivity (Wildman–Crippen MR) is 357 cm³/mol. The number of unbranched alkanes of at least 4 members (excludes halogenated alkanes) is 30. The first-order valence-electron chi connectivity index (χ1n) is 34.5. The maximum atomic E-state index is 12.9. The van der Waals surface area contributed by atoms with Crippen LogP contribution in [-0.2, 0) is 33.3 Å². The van der Waals surface area contributed by atoms with Crippen molar-refractivity contribution in [3.05, 3.63) is 109 Å². The fourth-order valence-electron chi connectivity index (χ4n) is 9.49. The van der Waals surface area contributed by atoms with Crippen molar-refractivity contribution < 1.29 is 42.9 Å². The number of carboxylic acid groups (broad SMARTS) is 1. The molecule has 0 spiro atoms. The lowest BCUT2D eigenvalue weighted by molar-refractivity contribution is -0.870. The number of allylic oxidation sites excluding steroid dienone is 18. The molecule has 0 N–H and O–H groups in total. The number of aliphatic carboxylic acids is 1. The molecule has 84 heavy (non-hydrogen) atoms. The summed E-state index contributed by atoms with van der Waals surface area (Å²) < 4.78 is 22.8. The van der Waals surface area contributed by atoms with Crippen molar-refractivity contribution in [1.29, 1.82) is 0 Å². The SMILES string of the molecule is CC/C=C\C/C=C\C/C=C\C/C=C\C/C=C\C/C=C\C/C=C\C/C=C\CCCCCCCCCCCCCCCCCCC(=O)OC(COC(=O)CCCCCCCCC/C=C\CCCCCCCCC)COC(OCC[N+](C)(C)C)C(=O)[O-]. The van der Waals surface area contributed by atoms with E-state index in [9.17, 15) is 19.5 Å². The van der Waals surface area contributed by atoms with Crippen LogP contribution in [0.15, 0.2) is 109 Å². The Hall–Kier alpha value is -4.05. The molecule has 0 radical (unpaired) electrons. The van der Waals surface area contributed by atoms with Gasteiger partial charge in [-0.05, 0) is 103 Å². The van der Waals surface area contributed by atoms with E-state index >= 15 is 0 Å². The number of carbonyl (C=O) groups excluding carboxylic acids is 3. The van der Waals surface area contributed by atoms with E-state index in [2.05, 4.69) is 123 Å². The fourth-order valence-corrected chi connectivity index (χ4v) is 9.49. The smallest absolute Gasteiger partial charge is 0.306 e. The zero-order valence-electron chi connectivity index (χ0n) is 55.0. The molecule has 0 aliphatic carbocycles. The molecule has 0 heterocycles. The molecule has 0 aromatic heterocycles. The summed E-state index contributed by atoms with van der Waals surface area (Å²) in [5, 5.41) is 11.8. The fraction of sp³-hybridized carbons (Fsp3) is 0.720. The maximum Gasteiger partial charge on any atom is 0.306 e. The first-order valence-corrected chi connectivity index (χ1v) is 34.5. The molecule has 0 aliphatic rings. The number of carbonyl (C=O) groups is 3. The standard InChI is InChI=1S/C75H129NO8/c1-6-8-10-12-14-16-18-20-22-24-26-27-28-29-30-31-32-33-34-35-36-37-38-39-40-41-42-43-44-45-46-47-48-50-52-54-56-58-60-62-64-66-73(78)84-71(70-83-75(74(79)80)81-68-67-76(3,4)5)69-82-72(77)65-63-61-59-57-55-53-51-49-25-23-21-19-17-15-13-11-9-7-2/h8,10,14,16,20,22-23,25-27,29-30,32-33,35-36,38-39,71,75H,6-7,9,11-13,15,17-19,21,24,28,31,34,37,40-70H2,1-5H3/b10-8-,16-14-,22-20-,25-23-,27-26-,30-29-,33-32-,36-35-,39-38-. The van der Waals surface area contributed by atoms with Gasteiger partial charge in [0.25, 0.3) is 0 Å². The monoisotopic (exact) mass is 1170 g/mol. The first kappa shape index (κ1) is 80.0. The summed E-state index contributed by atoms with van der Waals surface area (Å²) in [7, 11) is 5.93. The molecule has 0 bridgehead atoms. The second kappa shape index (κ2) is 64.9. The Morgan fingerprint density at radius 3 is 1.02 bits per heavy atom. The summed E-state index contributed by atoms with van der Waals surface area (Å²) in [5.74, 6) is -2.28. The molecule has 0 amide bonds. The second-order valence-electron chi connectivity index (χ2n) is 24.1. The van der Waals surface area contributed by atoms with Crippen molar-refractivity contribution in [2.24, 2.45) is 0 Å². The van der Waals surface area contributed by atoms with Gasteiger partial charge in [0, 0.05) is 12.8 Å². The number of quaternary nitrogens is 1. The van der Waals surface area contributed by atoms with E-state index in [-0.39, 0.29) is 38.6 Å². The maximum absolute atomic E-state index is 12.9. The Morgan fingerprint density at radius 1 is 0.369 bits per heavy atom. The summed E-state index contributed by atoms with van der Waals surface area (Å²) >= 11 is 0. The zero-order chi connectivity index (χ0) is 61.2. The zero-order valence-corrected chi connectivity index (χ0v) is 55.0. The quantitative estimate of drug-likeness (QED) is 0.0195. The lowest BCUT2D eigenvalue weighted by Crippen LogP contribution is -2.44. The van der Waals surface area contributed by atoms with E-state index < -0.39 is 24.3 Å². The number of ether oxygens (including phenoxy) is 4. The number of carboxylic acids is 1. The number of esters is 2. The summed E-state index contributed by atoms with van der Waals surface area (Å²) in [4.78, 5) is 37.4. The Bertz CT molecular complexity index is 1750. The minimum absolute atomic E-state index is 0.145. The van der Waals surface area contributed by atoms with Gasteiger partial charge in [-0.15, -0.1) is 0 Å². The third kappa shape index (κ3) is 65.5. The van der Waals surface area contributed by atoms with Gasteiger partial charge in [-0.1, -0.05) is 284 Å². The Morgan fingerprint density at radius 2 is 0.679 bits per heavy atom. The van der Waals surface area contributed by atoms with E-state index in [4.69, 9.17) is 18.9 Å². The van der Waals surface area contributed by atoms with Gasteiger partial charge in [0.2, 0.25) is 0 Å². The third-order valence-corrected chi connectivity index (χ3v) is 14.8. The van der Waals surface area contributed by atoms with Gasteiger partial charge >= 0.3 is 11.9 Å². The van der Waals surface area contributed by atoms with E-state index in [1.54, 1.807) is 0 Å². The highest BCUT2D eigenvalue weighted by Crippen LogP contribution is 2.17. The van der Waals surface area contributed by atoms with Crippen LogP contribution in [0.2, 0.25) is 0 Å². The van der Waals surface area contributed by atoms with Crippen molar-refractivity contribution >= 4 is 17.9 Å². The van der Waals surface area contributed by atoms with Crippen LogP contribution in [0.1, 0.15) is 290 Å². The summed E-state index contributed by atoms with van der Waals surface area (Å²) in [5.41, 5.74) is 0. The van der Waals surface area contributed by atoms with Crippen molar-refractivity contribution in [2.45, 2.75) is 302 Å². The highest BCUT2D eigenvalue weighted by Gasteiger charge is 2.22. The van der Waals surface area contributed by atoms with Gasteiger partial charge < -0.3 is 33.3 Å². The van der Waals surface area contributed by atoms with Crippen LogP contribution in [0, 0.1) is 0 Å². The molecule has 0 aromatic carbocycles. The summed E-state index contributed by atoms with van der Waals surface area (Å²) in [6.07, 6.45) is 87.4. The summed E-state index contributed by atoms with van der Waals surface area (Å²) in [6.45, 7) is 4.65. The highest BCUT2D eigenvalue weighted by atomic mass is 16.7. The first-order chi connectivity index (χ1) is 41.1. The molecule has 0 saturated carbocycles. The highest BCUT2D eigenvalue weighted by molar-refractivity contribution is 5.70. The molecule has 9 heteroatoms. The number of likely N-dealkylation sites (N-methyl/N-ethyl adjacent to an activating group) is 1. The van der Waals surface area contributed by atoms with Crippen molar-refractivity contribution in [3.8, 4) is 0 Å². The lowest BCUT2D eigenvalue weighted by atomic mass is 10.0. The molecular formula is C75H129NO8. The molecule has 0 saturated heterocycles. The van der Waals surface area contributed by atoms with Crippen molar-refractivity contribution in [2.75, 3.05) is 47.5 Å². The van der Waals surface area contributed by atoms with E-state index in [0.717, 1.165) is 103 Å². The van der Waals surface area contributed by atoms with Crippen molar-refractivity contribution in [1.82, 2.24) is 0 Å². The molecule has 2 atom stereocenters. The number of hydrogen-bond acceptors (Lipinski definition) is 8. The van der Waals surface area contributed by atoms with Gasteiger partial charge in [0.1, 0.15) is 13.2 Å². The number of rotatable bonds is 63. The topological polar surface area (TPSA) is 111 Å². The minimum Gasteiger partial charge on any atom is -0.545 e. The van der Waals surface area contributed by atoms with Crippen LogP contribution in [0.4, 0.5) is 0 Å². The molecule has 0 aromatic rings. The lowest BCUT2D eigenvalue weighted by Gasteiger charge is -2.26. The van der Waals surface area contributed by atoms with Crippen LogP contribution >= 0.6 is 0 Å². The number of hydrogen-bond donors (Lipinski definition) is 0. The molecule has 0 rings (SSSR count). The average Bonchev–Trinajstić information content (AvgIpc) is 3.52. The minimum atomic E-state index is -1.63. The van der Waals surface area contributed by atoms with Gasteiger partial charge in [-0.25, -0.2) is 0 Å². The van der Waals surface area contributed by atoms with Crippen LogP contribution in [-0.4, -0.2) is 82.3 Å². The molecule has 9 nitrogen and oxygen atoms in total. The third-order valence-electron chi connectivity index (χ3n) is 14.8. The largest absolute Gasteiger partial charge is 0.545 e.